The van der Waals surface area contributed by atoms with Crippen LogP contribution < -0.4 is 0 Å². The fraction of sp³-hybridized carbons (Fsp3) is 0.0526. The van der Waals surface area contributed by atoms with E-state index < -0.39 is 0 Å². The molecule has 0 fully saturated rings. The number of benzene rings is 3. The van der Waals surface area contributed by atoms with Crippen molar-refractivity contribution >= 4 is 23.7 Å². The molecule has 3 rings (SSSR count). The molecule has 0 aliphatic heterocycles. The second kappa shape index (κ2) is 7.49. The van der Waals surface area contributed by atoms with Crippen LogP contribution in [0.3, 0.4) is 0 Å². The second-order valence-electron chi connectivity index (χ2n) is 5.00. The van der Waals surface area contributed by atoms with E-state index in [9.17, 15) is 4.91 Å². The molecule has 23 heavy (non-hydrogen) atoms. The molecular formula is C19H15NOS2. The van der Waals surface area contributed by atoms with Crippen molar-refractivity contribution in [2.75, 3.05) is 6.26 Å². The van der Waals surface area contributed by atoms with Gasteiger partial charge in [0.2, 0.25) is 0 Å². The zero-order valence-corrected chi connectivity index (χ0v) is 14.2. The second-order valence-corrected chi connectivity index (χ2v) is 6.68. The maximum absolute atomic E-state index is 10.3. The molecule has 0 saturated heterocycles. The lowest BCUT2D eigenvalue weighted by Crippen LogP contribution is -1.81. The van der Waals surface area contributed by atoms with E-state index in [1.54, 1.807) is 11.8 Å². The van der Waals surface area contributed by atoms with Crippen LogP contribution in [0, 0.1) is 4.91 Å². The molecule has 0 aliphatic carbocycles. The molecule has 3 aromatic rings. The van der Waals surface area contributed by atoms with Crippen LogP contribution in [0.15, 0.2) is 87.2 Å². The van der Waals surface area contributed by atoms with Gasteiger partial charge in [0.15, 0.2) is 0 Å². The summed E-state index contributed by atoms with van der Waals surface area (Å²) in [6, 6.07) is 25.0. The summed E-state index contributed by atoms with van der Waals surface area (Å²) in [6.07, 6.45) is 2.08. The van der Waals surface area contributed by atoms with Crippen LogP contribution >= 0.6 is 23.7 Å². The Kier molecular flexibility index (Phi) is 5.16. The number of nitrogens with zero attached hydrogens (tertiary/aromatic N) is 1. The lowest BCUT2D eigenvalue weighted by Gasteiger charge is -2.06. The van der Waals surface area contributed by atoms with Gasteiger partial charge < -0.3 is 0 Å². The van der Waals surface area contributed by atoms with Gasteiger partial charge in [-0.25, -0.2) is 0 Å². The van der Waals surface area contributed by atoms with Gasteiger partial charge in [-0.05, 0) is 52.8 Å². The van der Waals surface area contributed by atoms with Gasteiger partial charge in [0.1, 0.15) is 0 Å². The van der Waals surface area contributed by atoms with Gasteiger partial charge in [0, 0.05) is 14.4 Å². The number of nitroso groups, excluding NO2 is 1. The third-order valence-electron chi connectivity index (χ3n) is 3.64. The van der Waals surface area contributed by atoms with Crippen molar-refractivity contribution in [3.63, 3.8) is 0 Å². The topological polar surface area (TPSA) is 29.4 Å². The summed E-state index contributed by atoms with van der Waals surface area (Å²) in [7, 11) is 0. The van der Waals surface area contributed by atoms with Gasteiger partial charge in [-0.2, -0.15) is 0 Å². The van der Waals surface area contributed by atoms with Crippen molar-refractivity contribution in [1.29, 1.82) is 0 Å². The molecule has 0 aromatic heterocycles. The smallest absolute Gasteiger partial charge is 0.0570 e. The Morgan fingerprint density at radius 1 is 0.609 bits per heavy atom. The minimum Gasteiger partial charge on any atom is -0.137 e. The molecule has 114 valence electrons. The van der Waals surface area contributed by atoms with E-state index in [1.807, 2.05) is 24.3 Å². The van der Waals surface area contributed by atoms with E-state index in [0.29, 0.717) is 0 Å². The molecule has 0 saturated carbocycles. The minimum atomic E-state index is 0.856. The summed E-state index contributed by atoms with van der Waals surface area (Å²) in [4.78, 5) is 12.4. The maximum atomic E-state index is 10.3. The molecule has 3 aromatic carbocycles. The van der Waals surface area contributed by atoms with Crippen LogP contribution in [0.5, 0.6) is 0 Å². The van der Waals surface area contributed by atoms with Crippen molar-refractivity contribution in [2.24, 2.45) is 4.58 Å². The summed E-state index contributed by atoms with van der Waals surface area (Å²) in [6.45, 7) is 0. The number of thioether (sulfide) groups is 1. The molecule has 0 spiro atoms. The Morgan fingerprint density at radius 2 is 0.957 bits per heavy atom. The van der Waals surface area contributed by atoms with Gasteiger partial charge in [0.25, 0.3) is 0 Å². The SMILES string of the molecule is CSc1ccc(-c2ccc(-c3ccc(SN=O)cc3)cc2)cc1. The van der Waals surface area contributed by atoms with E-state index in [0.717, 1.165) is 28.0 Å². The third-order valence-corrected chi connectivity index (χ3v) is 4.94. The van der Waals surface area contributed by atoms with Gasteiger partial charge in [-0.1, -0.05) is 48.5 Å². The van der Waals surface area contributed by atoms with Gasteiger partial charge in [-0.3, -0.25) is 0 Å². The van der Waals surface area contributed by atoms with Crippen molar-refractivity contribution < 1.29 is 0 Å². The van der Waals surface area contributed by atoms with Crippen LogP contribution in [-0.4, -0.2) is 6.26 Å². The monoisotopic (exact) mass is 337 g/mol. The van der Waals surface area contributed by atoms with Gasteiger partial charge in [0.05, 0.1) is 11.9 Å². The lowest BCUT2D eigenvalue weighted by molar-refractivity contribution is 1.45. The Labute approximate surface area is 144 Å². The molecule has 0 aliphatic rings. The molecule has 0 bridgehead atoms. The highest BCUT2D eigenvalue weighted by molar-refractivity contribution is 7.98. The minimum absolute atomic E-state index is 0.856. The van der Waals surface area contributed by atoms with Crippen LogP contribution in [0.25, 0.3) is 22.3 Å². The molecule has 2 nitrogen and oxygen atoms in total. The van der Waals surface area contributed by atoms with Crippen LogP contribution in [0.4, 0.5) is 0 Å². The van der Waals surface area contributed by atoms with E-state index in [2.05, 4.69) is 59.4 Å². The highest BCUT2D eigenvalue weighted by atomic mass is 32.2. The first-order chi connectivity index (χ1) is 11.3. The Balaban J connectivity index is 1.81. The number of rotatable bonds is 5. The quantitative estimate of drug-likeness (QED) is 0.302. The van der Waals surface area contributed by atoms with Crippen LogP contribution in [0.2, 0.25) is 0 Å². The maximum Gasteiger partial charge on any atom is 0.0570 e. The molecule has 0 atom stereocenters. The predicted octanol–water partition coefficient (Wildman–Crippen LogP) is 6.52. The van der Waals surface area contributed by atoms with E-state index in [-0.39, 0.29) is 0 Å². The van der Waals surface area contributed by atoms with E-state index >= 15 is 0 Å². The summed E-state index contributed by atoms with van der Waals surface area (Å²) in [5.41, 5.74) is 4.71. The Bertz CT molecular complexity index is 781. The number of hydrogen-bond acceptors (Lipinski definition) is 4. The van der Waals surface area contributed by atoms with E-state index in [4.69, 9.17) is 0 Å². The van der Waals surface area contributed by atoms with Crippen molar-refractivity contribution in [3.8, 4) is 22.3 Å². The average Bonchev–Trinajstić information content (AvgIpc) is 2.63. The summed E-state index contributed by atoms with van der Waals surface area (Å²) in [5.74, 6) is 0. The highest BCUT2D eigenvalue weighted by Gasteiger charge is 2.02. The summed E-state index contributed by atoms with van der Waals surface area (Å²) >= 11 is 2.70. The summed E-state index contributed by atoms with van der Waals surface area (Å²) in [5, 5.41) is 0. The molecule has 4 heteroatoms. The first kappa shape index (κ1) is 15.8. The Morgan fingerprint density at radius 3 is 1.30 bits per heavy atom. The Hall–Kier alpha value is -2.04. The van der Waals surface area contributed by atoms with Crippen molar-refractivity contribution in [3.05, 3.63) is 77.7 Å². The number of hydrogen-bond donors (Lipinski definition) is 0. The molecule has 0 amide bonds. The fourth-order valence-electron chi connectivity index (χ4n) is 2.39. The standard InChI is InChI=1S/C19H15NOS2/c1-22-18-10-6-16(7-11-18)14-2-4-15(5-3-14)17-8-12-19(13-9-17)23-20-21/h2-13H,1H3. The largest absolute Gasteiger partial charge is 0.137 e. The van der Waals surface area contributed by atoms with Crippen molar-refractivity contribution in [1.82, 2.24) is 0 Å². The van der Waals surface area contributed by atoms with E-state index in [1.165, 1.54) is 16.0 Å². The third kappa shape index (κ3) is 3.84. The normalized spacial score (nSPS) is 10.5. The molecule has 0 heterocycles. The van der Waals surface area contributed by atoms with Crippen molar-refractivity contribution in [2.45, 2.75) is 9.79 Å². The fourth-order valence-corrected chi connectivity index (χ4v) is 3.14. The predicted molar refractivity (Wildman–Crippen MR) is 101 cm³/mol. The van der Waals surface area contributed by atoms with Crippen LogP contribution in [-0.2, 0) is 0 Å². The van der Waals surface area contributed by atoms with Gasteiger partial charge >= 0.3 is 0 Å². The zero-order valence-electron chi connectivity index (χ0n) is 12.6. The lowest BCUT2D eigenvalue weighted by atomic mass is 10.0. The molecule has 0 unspecified atom stereocenters. The zero-order chi connectivity index (χ0) is 16.1. The summed E-state index contributed by atoms with van der Waals surface area (Å²) < 4.78 is 2.83. The average molecular weight is 337 g/mol. The highest BCUT2D eigenvalue weighted by Crippen LogP contribution is 2.28. The first-order valence-corrected chi connectivity index (χ1v) is 9.14. The van der Waals surface area contributed by atoms with Crippen LogP contribution in [0.1, 0.15) is 0 Å². The van der Waals surface area contributed by atoms with Gasteiger partial charge in [-0.15, -0.1) is 16.7 Å². The molecule has 0 N–H and O–H groups in total. The molecule has 0 radical (unpaired) electrons. The molecular weight excluding hydrogens is 322 g/mol. The first-order valence-electron chi connectivity index (χ1n) is 7.15.